The second-order valence-corrected chi connectivity index (χ2v) is 8.23. The predicted molar refractivity (Wildman–Crippen MR) is 129 cm³/mol. The van der Waals surface area contributed by atoms with E-state index in [4.69, 9.17) is 4.74 Å². The molecule has 1 aliphatic rings. The number of piperazine rings is 1. The number of nitrogens with zero attached hydrogens (tertiary/aromatic N) is 2. The van der Waals surface area contributed by atoms with Crippen LogP contribution in [0, 0.1) is 6.92 Å². The Bertz CT molecular complexity index is 1010. The Labute approximate surface area is 190 Å². The molecular formula is C27H31N3O2. The minimum absolute atomic E-state index is 0.0408. The van der Waals surface area contributed by atoms with Crippen molar-refractivity contribution in [2.24, 2.45) is 0 Å². The monoisotopic (exact) mass is 429 g/mol. The standard InChI is InChI=1S/C27H31N3O2/c1-21-8-6-7-11-25(21)30-18-16-29(17-19-30)20-26(31)28-27(22-9-4-3-5-10-22)23-12-14-24(32-2)15-13-23/h3-15,27H,16-20H2,1-2H3,(H,28,31)/t27-/m0/s1. The van der Waals surface area contributed by atoms with Crippen molar-refractivity contribution in [2.45, 2.75) is 13.0 Å². The molecule has 166 valence electrons. The molecule has 1 heterocycles. The number of para-hydroxylation sites is 1. The highest BCUT2D eigenvalue weighted by Crippen LogP contribution is 2.24. The van der Waals surface area contributed by atoms with Crippen molar-refractivity contribution >= 4 is 11.6 Å². The summed E-state index contributed by atoms with van der Waals surface area (Å²) in [6.07, 6.45) is 0. The van der Waals surface area contributed by atoms with Gasteiger partial charge < -0.3 is 15.0 Å². The molecular weight excluding hydrogens is 398 g/mol. The largest absolute Gasteiger partial charge is 0.497 e. The van der Waals surface area contributed by atoms with Crippen LogP contribution in [-0.2, 0) is 4.79 Å². The second kappa shape index (κ2) is 10.3. The van der Waals surface area contributed by atoms with Crippen LogP contribution in [-0.4, -0.2) is 50.6 Å². The molecule has 0 bridgehead atoms. The number of hydrogen-bond acceptors (Lipinski definition) is 4. The molecule has 5 nitrogen and oxygen atoms in total. The van der Waals surface area contributed by atoms with E-state index in [0.717, 1.165) is 43.1 Å². The summed E-state index contributed by atoms with van der Waals surface area (Å²) in [5, 5.41) is 3.25. The summed E-state index contributed by atoms with van der Waals surface area (Å²) in [5.41, 5.74) is 4.69. The molecule has 0 unspecified atom stereocenters. The van der Waals surface area contributed by atoms with Crippen molar-refractivity contribution in [1.29, 1.82) is 0 Å². The predicted octanol–water partition coefficient (Wildman–Crippen LogP) is 4.03. The third kappa shape index (κ3) is 5.29. The van der Waals surface area contributed by atoms with E-state index in [0.29, 0.717) is 6.54 Å². The molecule has 0 aliphatic carbocycles. The van der Waals surface area contributed by atoms with Crippen LogP contribution in [0.2, 0.25) is 0 Å². The van der Waals surface area contributed by atoms with Gasteiger partial charge in [-0.2, -0.15) is 0 Å². The molecule has 1 N–H and O–H groups in total. The number of benzene rings is 3. The smallest absolute Gasteiger partial charge is 0.234 e. The molecule has 5 heteroatoms. The molecule has 3 aromatic rings. The lowest BCUT2D eigenvalue weighted by atomic mass is 9.98. The normalized spacial score (nSPS) is 15.2. The average molecular weight is 430 g/mol. The van der Waals surface area contributed by atoms with Gasteiger partial charge in [0.15, 0.2) is 0 Å². The van der Waals surface area contributed by atoms with E-state index in [1.807, 2.05) is 42.5 Å². The molecule has 32 heavy (non-hydrogen) atoms. The van der Waals surface area contributed by atoms with Gasteiger partial charge in [-0.3, -0.25) is 9.69 Å². The summed E-state index contributed by atoms with van der Waals surface area (Å²) in [6.45, 7) is 6.16. The third-order valence-corrected chi connectivity index (χ3v) is 6.08. The fourth-order valence-electron chi connectivity index (χ4n) is 4.28. The first-order valence-electron chi connectivity index (χ1n) is 11.2. The lowest BCUT2D eigenvalue weighted by molar-refractivity contribution is -0.122. The average Bonchev–Trinajstić information content (AvgIpc) is 2.84. The van der Waals surface area contributed by atoms with Crippen molar-refractivity contribution in [2.75, 3.05) is 44.7 Å². The van der Waals surface area contributed by atoms with Crippen molar-refractivity contribution in [1.82, 2.24) is 10.2 Å². The summed E-state index contributed by atoms with van der Waals surface area (Å²) >= 11 is 0. The molecule has 0 aromatic heterocycles. The number of aryl methyl sites for hydroxylation is 1. The Balaban J connectivity index is 1.39. The van der Waals surface area contributed by atoms with Crippen LogP contribution in [0.25, 0.3) is 0 Å². The van der Waals surface area contributed by atoms with Gasteiger partial charge in [-0.05, 0) is 41.8 Å². The van der Waals surface area contributed by atoms with Crippen LogP contribution in [0.1, 0.15) is 22.7 Å². The number of hydrogen-bond donors (Lipinski definition) is 1. The SMILES string of the molecule is COc1ccc([C@@H](NC(=O)CN2CCN(c3ccccc3C)CC2)c2ccccc2)cc1. The number of carbonyl (C=O) groups excluding carboxylic acids is 1. The van der Waals surface area contributed by atoms with Crippen molar-refractivity contribution in [3.63, 3.8) is 0 Å². The number of amides is 1. The number of rotatable bonds is 7. The van der Waals surface area contributed by atoms with Gasteiger partial charge in [0.2, 0.25) is 5.91 Å². The van der Waals surface area contributed by atoms with Crippen molar-refractivity contribution in [3.8, 4) is 5.75 Å². The van der Waals surface area contributed by atoms with Gasteiger partial charge in [0.25, 0.3) is 0 Å². The zero-order valence-electron chi connectivity index (χ0n) is 18.8. The highest BCUT2D eigenvalue weighted by molar-refractivity contribution is 5.79. The second-order valence-electron chi connectivity index (χ2n) is 8.23. The summed E-state index contributed by atoms with van der Waals surface area (Å²) in [6, 6.07) is 26.3. The molecule has 1 aliphatic heterocycles. The fourth-order valence-corrected chi connectivity index (χ4v) is 4.28. The van der Waals surface area contributed by atoms with Gasteiger partial charge in [0.1, 0.15) is 5.75 Å². The van der Waals surface area contributed by atoms with Crippen LogP contribution in [0.3, 0.4) is 0 Å². The van der Waals surface area contributed by atoms with E-state index < -0.39 is 0 Å². The first-order chi connectivity index (χ1) is 15.6. The van der Waals surface area contributed by atoms with Crippen LogP contribution < -0.4 is 15.0 Å². The van der Waals surface area contributed by atoms with Crippen molar-refractivity contribution in [3.05, 3.63) is 95.6 Å². The van der Waals surface area contributed by atoms with E-state index in [-0.39, 0.29) is 11.9 Å². The highest BCUT2D eigenvalue weighted by atomic mass is 16.5. The van der Waals surface area contributed by atoms with Gasteiger partial charge >= 0.3 is 0 Å². The number of carbonyl (C=O) groups is 1. The molecule has 1 saturated heterocycles. The first-order valence-corrected chi connectivity index (χ1v) is 11.2. The number of anilines is 1. The van der Waals surface area contributed by atoms with Gasteiger partial charge in [0, 0.05) is 31.9 Å². The minimum atomic E-state index is -0.192. The van der Waals surface area contributed by atoms with E-state index in [9.17, 15) is 4.79 Å². The summed E-state index contributed by atoms with van der Waals surface area (Å²) in [4.78, 5) is 17.7. The highest BCUT2D eigenvalue weighted by Gasteiger charge is 2.22. The van der Waals surface area contributed by atoms with E-state index in [1.165, 1.54) is 11.3 Å². The molecule has 4 rings (SSSR count). The quantitative estimate of drug-likeness (QED) is 0.616. The number of methoxy groups -OCH3 is 1. The molecule has 0 saturated carbocycles. The Kier molecular flexibility index (Phi) is 7.07. The molecule has 1 amide bonds. The first kappa shape index (κ1) is 21.9. The fraction of sp³-hybridized carbons (Fsp3) is 0.296. The van der Waals surface area contributed by atoms with Crippen LogP contribution in [0.5, 0.6) is 5.75 Å². The Morgan fingerprint density at radius 1 is 0.875 bits per heavy atom. The Morgan fingerprint density at radius 3 is 2.16 bits per heavy atom. The Hall–Kier alpha value is -3.31. The lowest BCUT2D eigenvalue weighted by Gasteiger charge is -2.36. The molecule has 1 fully saturated rings. The maximum Gasteiger partial charge on any atom is 0.234 e. The van der Waals surface area contributed by atoms with Crippen LogP contribution >= 0.6 is 0 Å². The zero-order chi connectivity index (χ0) is 22.3. The number of nitrogens with one attached hydrogen (secondary N) is 1. The summed E-state index contributed by atoms with van der Waals surface area (Å²) in [7, 11) is 1.66. The maximum atomic E-state index is 13.0. The minimum Gasteiger partial charge on any atom is -0.497 e. The summed E-state index contributed by atoms with van der Waals surface area (Å²) in [5.74, 6) is 0.845. The van der Waals surface area contributed by atoms with E-state index in [2.05, 4.69) is 58.4 Å². The molecule has 1 atom stereocenters. The molecule has 3 aromatic carbocycles. The van der Waals surface area contributed by atoms with Crippen molar-refractivity contribution < 1.29 is 9.53 Å². The van der Waals surface area contributed by atoms with Gasteiger partial charge in [-0.15, -0.1) is 0 Å². The van der Waals surface area contributed by atoms with Crippen LogP contribution in [0.15, 0.2) is 78.9 Å². The van der Waals surface area contributed by atoms with E-state index >= 15 is 0 Å². The van der Waals surface area contributed by atoms with Gasteiger partial charge in [-0.1, -0.05) is 60.7 Å². The lowest BCUT2D eigenvalue weighted by Crippen LogP contribution is -2.50. The van der Waals surface area contributed by atoms with E-state index in [1.54, 1.807) is 7.11 Å². The number of ether oxygens (including phenoxy) is 1. The molecule has 0 spiro atoms. The topological polar surface area (TPSA) is 44.8 Å². The summed E-state index contributed by atoms with van der Waals surface area (Å²) < 4.78 is 5.29. The third-order valence-electron chi connectivity index (χ3n) is 6.08. The van der Waals surface area contributed by atoms with Gasteiger partial charge in [0.05, 0.1) is 19.7 Å². The van der Waals surface area contributed by atoms with Gasteiger partial charge in [-0.25, -0.2) is 0 Å². The van der Waals surface area contributed by atoms with Crippen LogP contribution in [0.4, 0.5) is 5.69 Å². The Morgan fingerprint density at radius 2 is 1.50 bits per heavy atom. The zero-order valence-corrected chi connectivity index (χ0v) is 18.8. The maximum absolute atomic E-state index is 13.0. The molecule has 0 radical (unpaired) electrons.